The number of hydrogen-bond acceptors (Lipinski definition) is 6. The Kier molecular flexibility index (Phi) is 4.57. The molecule has 0 bridgehead atoms. The third-order valence-electron chi connectivity index (χ3n) is 4.02. The largest absolute Gasteiger partial charge is 0.495 e. The van der Waals surface area contributed by atoms with Gasteiger partial charge in [0.2, 0.25) is 10.0 Å². The first-order valence-corrected chi connectivity index (χ1v) is 9.65. The summed E-state index contributed by atoms with van der Waals surface area (Å²) in [5.41, 5.74) is -0.277. The fraction of sp³-hybridized carbons (Fsp3) is 0.333. The number of benzene rings is 1. The molecule has 0 saturated carbocycles. The number of sulfonamides is 1. The van der Waals surface area contributed by atoms with Gasteiger partial charge in [0.05, 0.1) is 18.1 Å². The van der Waals surface area contributed by atoms with Gasteiger partial charge in [0.25, 0.3) is 5.69 Å². The van der Waals surface area contributed by atoms with Crippen LogP contribution in [-0.2, 0) is 10.0 Å². The first-order valence-electron chi connectivity index (χ1n) is 7.33. The lowest BCUT2D eigenvalue weighted by molar-refractivity contribution is -0.385. The van der Waals surface area contributed by atoms with E-state index in [1.54, 1.807) is 0 Å². The van der Waals surface area contributed by atoms with Gasteiger partial charge in [-0.3, -0.25) is 10.1 Å². The van der Waals surface area contributed by atoms with Crippen LogP contribution in [0.25, 0.3) is 0 Å². The summed E-state index contributed by atoms with van der Waals surface area (Å²) >= 11 is 1.51. The second kappa shape index (κ2) is 6.50. The number of hydrogen-bond donors (Lipinski definition) is 0. The molecule has 24 heavy (non-hydrogen) atoms. The standard InChI is InChI=1S/C15H16N2O5S2/c1-22-13-7-6-11(17(18)19)10-15(13)24(20,21)16-8-2-4-12(16)14-5-3-9-23-14/h3,5-7,9-10,12H,2,4,8H2,1H3. The molecule has 1 aliphatic rings. The van der Waals surface area contributed by atoms with Crippen molar-refractivity contribution in [2.24, 2.45) is 0 Å². The second-order valence-electron chi connectivity index (χ2n) is 5.38. The first kappa shape index (κ1) is 16.9. The fourth-order valence-corrected chi connectivity index (χ4v) is 5.69. The van der Waals surface area contributed by atoms with Crippen LogP contribution in [0.2, 0.25) is 0 Å². The van der Waals surface area contributed by atoms with Crippen molar-refractivity contribution in [1.29, 1.82) is 0 Å². The summed E-state index contributed by atoms with van der Waals surface area (Å²) < 4.78 is 32.8. The van der Waals surface area contributed by atoms with Crippen LogP contribution in [0.4, 0.5) is 5.69 Å². The quantitative estimate of drug-likeness (QED) is 0.597. The molecule has 0 aliphatic carbocycles. The smallest absolute Gasteiger partial charge is 0.271 e. The predicted octanol–water partition coefficient (Wildman–Crippen LogP) is 3.19. The van der Waals surface area contributed by atoms with Crippen LogP contribution in [0.5, 0.6) is 5.75 Å². The van der Waals surface area contributed by atoms with Gasteiger partial charge in [-0.05, 0) is 30.4 Å². The van der Waals surface area contributed by atoms with E-state index < -0.39 is 14.9 Å². The third-order valence-corrected chi connectivity index (χ3v) is 6.92. The third kappa shape index (κ3) is 2.90. The molecule has 1 unspecified atom stereocenters. The highest BCUT2D eigenvalue weighted by Crippen LogP contribution is 2.40. The minimum Gasteiger partial charge on any atom is -0.495 e. The van der Waals surface area contributed by atoms with Crippen molar-refractivity contribution < 1.29 is 18.1 Å². The van der Waals surface area contributed by atoms with Crippen molar-refractivity contribution in [1.82, 2.24) is 4.31 Å². The summed E-state index contributed by atoms with van der Waals surface area (Å²) in [6, 6.07) is 7.18. The minimum absolute atomic E-state index is 0.109. The van der Waals surface area contributed by atoms with Crippen LogP contribution in [0.15, 0.2) is 40.6 Å². The van der Waals surface area contributed by atoms with Gasteiger partial charge in [-0.15, -0.1) is 11.3 Å². The van der Waals surface area contributed by atoms with Crippen LogP contribution < -0.4 is 4.74 Å². The highest BCUT2D eigenvalue weighted by molar-refractivity contribution is 7.89. The highest BCUT2D eigenvalue weighted by Gasteiger charge is 2.38. The normalized spacial score (nSPS) is 18.6. The predicted molar refractivity (Wildman–Crippen MR) is 89.8 cm³/mol. The number of thiophene rings is 1. The van der Waals surface area contributed by atoms with Crippen molar-refractivity contribution >= 4 is 27.0 Å². The van der Waals surface area contributed by atoms with Gasteiger partial charge in [0, 0.05) is 23.6 Å². The molecule has 9 heteroatoms. The molecule has 0 N–H and O–H groups in total. The molecule has 0 amide bonds. The Morgan fingerprint density at radius 3 is 2.79 bits per heavy atom. The SMILES string of the molecule is COc1ccc([N+](=O)[O-])cc1S(=O)(=O)N1CCCC1c1cccs1. The maximum Gasteiger partial charge on any atom is 0.271 e. The van der Waals surface area contributed by atoms with E-state index >= 15 is 0 Å². The molecule has 2 aromatic rings. The number of rotatable bonds is 5. The number of nitro benzene ring substituents is 1. The summed E-state index contributed by atoms with van der Waals surface area (Å²) in [7, 11) is -2.55. The van der Waals surface area contributed by atoms with Crippen molar-refractivity contribution in [2.45, 2.75) is 23.8 Å². The monoisotopic (exact) mass is 368 g/mol. The summed E-state index contributed by atoms with van der Waals surface area (Å²) in [5, 5.41) is 12.9. The van der Waals surface area contributed by atoms with Gasteiger partial charge in [0.1, 0.15) is 10.6 Å². The maximum absolute atomic E-state index is 13.1. The van der Waals surface area contributed by atoms with E-state index in [-0.39, 0.29) is 22.4 Å². The molecule has 0 spiro atoms. The molecule has 1 saturated heterocycles. The molecule has 1 aromatic heterocycles. The van der Waals surface area contributed by atoms with Crippen molar-refractivity contribution in [3.05, 3.63) is 50.7 Å². The van der Waals surface area contributed by atoms with Gasteiger partial charge < -0.3 is 4.74 Å². The lowest BCUT2D eigenvalue weighted by Crippen LogP contribution is -2.30. The molecule has 3 rings (SSSR count). The van der Waals surface area contributed by atoms with E-state index in [0.29, 0.717) is 6.54 Å². The maximum atomic E-state index is 13.1. The van der Waals surface area contributed by atoms with Crippen LogP contribution >= 0.6 is 11.3 Å². The molecular formula is C15H16N2O5S2. The molecule has 1 fully saturated rings. The Morgan fingerprint density at radius 1 is 1.38 bits per heavy atom. The summed E-state index contributed by atoms with van der Waals surface area (Å²) in [5.74, 6) is 0.109. The zero-order chi connectivity index (χ0) is 17.3. The van der Waals surface area contributed by atoms with E-state index in [1.807, 2.05) is 17.5 Å². The fourth-order valence-electron chi connectivity index (χ4n) is 2.90. The molecular weight excluding hydrogens is 352 g/mol. The number of non-ortho nitro benzene ring substituents is 1. The minimum atomic E-state index is -3.90. The van der Waals surface area contributed by atoms with E-state index in [4.69, 9.17) is 4.74 Å². The van der Waals surface area contributed by atoms with Crippen LogP contribution in [0.1, 0.15) is 23.8 Å². The van der Waals surface area contributed by atoms with E-state index in [9.17, 15) is 18.5 Å². The van der Waals surface area contributed by atoms with Gasteiger partial charge in [-0.25, -0.2) is 8.42 Å². The Bertz CT molecular complexity index is 849. The van der Waals surface area contributed by atoms with Crippen LogP contribution in [0, 0.1) is 10.1 Å². The first-order chi connectivity index (χ1) is 11.4. The van der Waals surface area contributed by atoms with E-state index in [0.717, 1.165) is 23.8 Å². The van der Waals surface area contributed by atoms with Gasteiger partial charge in [-0.2, -0.15) is 4.31 Å². The van der Waals surface area contributed by atoms with Crippen molar-refractivity contribution in [3.8, 4) is 5.75 Å². The van der Waals surface area contributed by atoms with Crippen LogP contribution in [-0.4, -0.2) is 31.3 Å². The number of nitrogens with zero attached hydrogens (tertiary/aromatic N) is 2. The number of ether oxygens (including phenoxy) is 1. The Morgan fingerprint density at radius 2 is 2.17 bits per heavy atom. The lowest BCUT2D eigenvalue weighted by Gasteiger charge is -2.24. The average molecular weight is 368 g/mol. The van der Waals surface area contributed by atoms with E-state index in [2.05, 4.69) is 0 Å². The van der Waals surface area contributed by atoms with Gasteiger partial charge in [-0.1, -0.05) is 6.07 Å². The summed E-state index contributed by atoms with van der Waals surface area (Å²) in [4.78, 5) is 11.2. The lowest BCUT2D eigenvalue weighted by atomic mass is 10.2. The molecule has 2 heterocycles. The second-order valence-corrected chi connectivity index (χ2v) is 8.22. The zero-order valence-corrected chi connectivity index (χ0v) is 14.5. The van der Waals surface area contributed by atoms with Gasteiger partial charge in [0.15, 0.2) is 0 Å². The molecule has 7 nitrogen and oxygen atoms in total. The molecule has 1 aliphatic heterocycles. The average Bonchev–Trinajstić information content (AvgIpc) is 3.24. The van der Waals surface area contributed by atoms with Crippen molar-refractivity contribution in [2.75, 3.05) is 13.7 Å². The Balaban J connectivity index is 2.07. The molecule has 128 valence electrons. The Labute approximate surface area is 143 Å². The number of nitro groups is 1. The molecule has 0 radical (unpaired) electrons. The van der Waals surface area contributed by atoms with Gasteiger partial charge >= 0.3 is 0 Å². The van der Waals surface area contributed by atoms with Crippen LogP contribution in [0.3, 0.4) is 0 Å². The topological polar surface area (TPSA) is 89.7 Å². The molecule has 1 aromatic carbocycles. The van der Waals surface area contributed by atoms with Crippen molar-refractivity contribution in [3.63, 3.8) is 0 Å². The number of methoxy groups -OCH3 is 1. The highest BCUT2D eigenvalue weighted by atomic mass is 32.2. The Hall–Kier alpha value is -1.97. The summed E-state index contributed by atoms with van der Waals surface area (Å²) in [6.07, 6.45) is 1.48. The zero-order valence-electron chi connectivity index (χ0n) is 12.9. The van der Waals surface area contributed by atoms with E-state index in [1.165, 1.54) is 34.9 Å². The molecule has 1 atom stereocenters. The summed E-state index contributed by atoms with van der Waals surface area (Å²) in [6.45, 7) is 0.386.